The van der Waals surface area contributed by atoms with E-state index in [-0.39, 0.29) is 23.3 Å². The van der Waals surface area contributed by atoms with Crippen LogP contribution >= 0.6 is 0 Å². The summed E-state index contributed by atoms with van der Waals surface area (Å²) in [6.45, 7) is 3.36. The monoisotopic (exact) mass is 596 g/mol. The molecule has 1 N–H and O–H groups in total. The molecular weight excluding hydrogens is 560 g/mol. The number of hydrogen-bond acceptors (Lipinski definition) is 6. The standard InChI is InChI=1S/C34H36N2O6Si/c1-41-24-17-35(18-24)22-7-10-27-30(15-22)43(12-4-3-5-13-43)31-16-23(36-19-25(20-36)42-2)8-11-28(31)32(27)29-14-21(33(37)38)6-9-26(29)34(39)40/h6-11,14-16,24-25H,3-5,12-13,17-20H2,1-2H3,(H-,37,38,39,40). The normalized spacial score (nSPS) is 22.5. The minimum Gasteiger partial charge on any atom is -0.545 e. The quantitative estimate of drug-likeness (QED) is 0.404. The second-order valence-electron chi connectivity index (χ2n) is 12.4. The molecule has 9 heteroatoms. The lowest BCUT2D eigenvalue weighted by Crippen LogP contribution is -2.57. The molecule has 4 heterocycles. The summed E-state index contributed by atoms with van der Waals surface area (Å²) in [6, 6.07) is 13.1. The van der Waals surface area contributed by atoms with Crippen molar-refractivity contribution in [1.82, 2.24) is 0 Å². The van der Waals surface area contributed by atoms with Crippen LogP contribution in [0.15, 0.2) is 65.4 Å². The van der Waals surface area contributed by atoms with Gasteiger partial charge in [-0.05, 0) is 75.1 Å². The number of ether oxygens (including phenoxy) is 2. The molecule has 0 bridgehead atoms. The van der Waals surface area contributed by atoms with Crippen molar-refractivity contribution in [3.63, 3.8) is 0 Å². The Morgan fingerprint density at radius 2 is 1.70 bits per heavy atom. The molecule has 0 saturated carbocycles. The van der Waals surface area contributed by atoms with Crippen LogP contribution in [0.4, 0.5) is 5.69 Å². The second-order valence-corrected chi connectivity index (χ2v) is 16.6. The molecule has 2 aromatic rings. The molecule has 2 aromatic carbocycles. The van der Waals surface area contributed by atoms with Gasteiger partial charge in [0.15, 0.2) is 24.9 Å². The number of hydrogen-bond donors (Lipinski definition) is 1. The van der Waals surface area contributed by atoms with Gasteiger partial charge in [0.25, 0.3) is 0 Å². The maximum atomic E-state index is 12.5. The lowest BCUT2D eigenvalue weighted by atomic mass is 9.86. The summed E-state index contributed by atoms with van der Waals surface area (Å²) >= 11 is 0. The van der Waals surface area contributed by atoms with Crippen molar-refractivity contribution in [2.45, 2.75) is 43.6 Å². The highest BCUT2D eigenvalue weighted by molar-refractivity contribution is 7.00. The van der Waals surface area contributed by atoms with Crippen LogP contribution in [-0.4, -0.2) is 88.0 Å². The molecule has 3 saturated heterocycles. The number of benzene rings is 2. The second kappa shape index (κ2) is 10.7. The number of carbonyl (C=O) groups is 2. The predicted octanol–water partition coefficient (Wildman–Crippen LogP) is 2.76. The highest BCUT2D eigenvalue weighted by Crippen LogP contribution is 2.48. The summed E-state index contributed by atoms with van der Waals surface area (Å²) in [5.41, 5.74) is 5.60. The van der Waals surface area contributed by atoms with Crippen molar-refractivity contribution in [3.05, 3.63) is 87.6 Å². The number of rotatable bonds is 6. The lowest BCUT2D eigenvalue weighted by molar-refractivity contribution is -0.607. The molecule has 3 fully saturated rings. The lowest BCUT2D eigenvalue weighted by Gasteiger charge is -2.46. The van der Waals surface area contributed by atoms with Crippen molar-refractivity contribution in [1.29, 1.82) is 0 Å². The molecule has 7 rings (SSSR count). The van der Waals surface area contributed by atoms with Gasteiger partial charge in [-0.3, -0.25) is 0 Å². The van der Waals surface area contributed by atoms with Gasteiger partial charge in [-0.1, -0.05) is 31.4 Å². The third-order valence-electron chi connectivity index (χ3n) is 10.1. The zero-order valence-electron chi connectivity index (χ0n) is 24.6. The minimum atomic E-state index is -2.26. The van der Waals surface area contributed by atoms with Gasteiger partial charge in [-0.15, -0.1) is 0 Å². The van der Waals surface area contributed by atoms with E-state index in [1.54, 1.807) is 14.2 Å². The zero-order valence-corrected chi connectivity index (χ0v) is 25.6. The van der Waals surface area contributed by atoms with Crippen LogP contribution < -0.4 is 15.2 Å². The zero-order chi connectivity index (χ0) is 29.9. The summed E-state index contributed by atoms with van der Waals surface area (Å²) in [7, 11) is 1.24. The maximum absolute atomic E-state index is 12.5. The fraction of sp³-hybridized carbons (Fsp3) is 0.382. The molecule has 0 atom stereocenters. The average Bonchev–Trinajstić information content (AvgIpc) is 2.97. The third kappa shape index (κ3) is 4.53. The van der Waals surface area contributed by atoms with E-state index >= 15 is 0 Å². The average molecular weight is 597 g/mol. The summed E-state index contributed by atoms with van der Waals surface area (Å²) in [4.78, 5) is 26.9. The third-order valence-corrected chi connectivity index (χ3v) is 15.4. The van der Waals surface area contributed by atoms with E-state index in [4.69, 9.17) is 9.47 Å². The van der Waals surface area contributed by atoms with Crippen molar-refractivity contribution < 1.29 is 33.9 Å². The molecule has 43 heavy (non-hydrogen) atoms. The van der Waals surface area contributed by atoms with Gasteiger partial charge in [-0.25, -0.2) is 9.37 Å². The fourth-order valence-electron chi connectivity index (χ4n) is 7.62. The number of methoxy groups -OCH3 is 2. The van der Waals surface area contributed by atoms with E-state index in [9.17, 15) is 19.8 Å². The van der Waals surface area contributed by atoms with Gasteiger partial charge in [-0.2, -0.15) is 0 Å². The minimum absolute atomic E-state index is 0.00247. The van der Waals surface area contributed by atoms with E-state index in [1.807, 2.05) is 0 Å². The molecule has 0 aromatic heterocycles. The highest BCUT2D eigenvalue weighted by Gasteiger charge is 2.48. The number of nitrogens with zero attached hydrogens (tertiary/aromatic N) is 2. The number of allylic oxidation sites excluding steroid dienone is 5. The molecule has 0 radical (unpaired) electrons. The number of carbonyl (C=O) groups excluding carboxylic acids is 1. The summed E-state index contributed by atoms with van der Waals surface area (Å²) in [6.07, 6.45) is 10.6. The smallest absolute Gasteiger partial charge is 0.335 e. The van der Waals surface area contributed by atoms with Crippen LogP contribution in [0, 0.1) is 0 Å². The van der Waals surface area contributed by atoms with E-state index in [0.717, 1.165) is 66.4 Å². The first-order chi connectivity index (χ1) is 20.8. The van der Waals surface area contributed by atoms with Crippen molar-refractivity contribution >= 4 is 42.2 Å². The highest BCUT2D eigenvalue weighted by atomic mass is 28.3. The molecule has 5 aliphatic rings. The number of carboxylic acid groups (broad SMARTS) is 2. The van der Waals surface area contributed by atoms with E-state index < -0.39 is 20.0 Å². The first-order valence-electron chi connectivity index (χ1n) is 15.1. The Balaban J connectivity index is 1.49. The Morgan fingerprint density at radius 1 is 0.953 bits per heavy atom. The summed E-state index contributed by atoms with van der Waals surface area (Å²) in [5, 5.41) is 25.0. The van der Waals surface area contributed by atoms with Crippen LogP contribution in [0.1, 0.15) is 51.1 Å². The molecule has 222 valence electrons. The Labute approximate surface area is 252 Å². The van der Waals surface area contributed by atoms with E-state index in [2.05, 4.69) is 45.9 Å². The summed E-state index contributed by atoms with van der Waals surface area (Å²) < 4.78 is 13.5. The van der Waals surface area contributed by atoms with Gasteiger partial charge in [0, 0.05) is 50.7 Å². The Kier molecular flexibility index (Phi) is 6.99. The molecule has 1 aliphatic carbocycles. The van der Waals surface area contributed by atoms with Crippen LogP contribution in [-0.2, 0) is 9.47 Å². The van der Waals surface area contributed by atoms with E-state index in [1.165, 1.54) is 47.8 Å². The van der Waals surface area contributed by atoms with Gasteiger partial charge in [0.05, 0.1) is 17.6 Å². The van der Waals surface area contributed by atoms with Crippen LogP contribution in [0.2, 0.25) is 12.1 Å². The summed E-state index contributed by atoms with van der Waals surface area (Å²) in [5.74, 6) is -2.41. The molecule has 4 aliphatic heterocycles. The van der Waals surface area contributed by atoms with Gasteiger partial charge in [0.1, 0.15) is 8.07 Å². The number of anilines is 1. The van der Waals surface area contributed by atoms with Crippen molar-refractivity contribution in [3.8, 4) is 0 Å². The van der Waals surface area contributed by atoms with E-state index in [0.29, 0.717) is 5.56 Å². The van der Waals surface area contributed by atoms with Crippen molar-refractivity contribution in [2.24, 2.45) is 0 Å². The van der Waals surface area contributed by atoms with Gasteiger partial charge in [0.2, 0.25) is 0 Å². The first-order valence-corrected chi connectivity index (χ1v) is 17.6. The topological polar surface area (TPSA) is 102 Å². The van der Waals surface area contributed by atoms with Gasteiger partial charge < -0.3 is 29.4 Å². The predicted molar refractivity (Wildman–Crippen MR) is 165 cm³/mol. The van der Waals surface area contributed by atoms with Crippen molar-refractivity contribution in [2.75, 3.05) is 45.3 Å². The number of aromatic carboxylic acids is 2. The van der Waals surface area contributed by atoms with Crippen LogP contribution in [0.25, 0.3) is 5.57 Å². The Hall–Kier alpha value is -3.79. The van der Waals surface area contributed by atoms with Gasteiger partial charge >= 0.3 is 5.97 Å². The molecular formula is C34H36N2O6Si. The first kappa shape index (κ1) is 28.0. The SMILES string of the molecule is COC1CN(c2ccc3c(c2)[Si]2(CCCCC2)C2=CC(=[N+]4CC(OC)C4)C=CC2=C3c2cc(C(=O)O)ccc2C(=O)[O-])C1. The van der Waals surface area contributed by atoms with Crippen LogP contribution in [0.3, 0.4) is 0 Å². The number of carboxylic acids is 2. The fourth-order valence-corrected chi connectivity index (χ4v) is 13.2. The maximum Gasteiger partial charge on any atom is 0.335 e. The molecule has 1 spiro atoms. The molecule has 0 amide bonds. The Morgan fingerprint density at radius 3 is 2.37 bits per heavy atom. The molecule has 8 nitrogen and oxygen atoms in total. The molecule has 0 unspecified atom stereocenters. The largest absolute Gasteiger partial charge is 0.545 e. The van der Waals surface area contributed by atoms with Crippen LogP contribution in [0.5, 0.6) is 0 Å². The number of fused-ring (bicyclic) bond motifs is 4. The Bertz CT molecular complexity index is 1650.